The van der Waals surface area contributed by atoms with Gasteiger partial charge < -0.3 is 5.32 Å². The monoisotopic (exact) mass is 276 g/mol. The van der Waals surface area contributed by atoms with Crippen LogP contribution in [0.2, 0.25) is 0 Å². The molecule has 16 heavy (non-hydrogen) atoms. The fraction of sp³-hybridized carbons (Fsp3) is 0.154. The third kappa shape index (κ3) is 3.07. The predicted molar refractivity (Wildman–Crippen MR) is 70.4 cm³/mol. The smallest absolute Gasteiger partial charge is 0.106 e. The van der Waals surface area contributed by atoms with Gasteiger partial charge in [0.2, 0.25) is 0 Å². The molecule has 0 bridgehead atoms. The van der Waals surface area contributed by atoms with Gasteiger partial charge >= 0.3 is 0 Å². The van der Waals surface area contributed by atoms with Crippen molar-refractivity contribution < 1.29 is 0 Å². The summed E-state index contributed by atoms with van der Waals surface area (Å²) >= 11 is 3.36. The van der Waals surface area contributed by atoms with Crippen molar-refractivity contribution >= 4 is 21.6 Å². The number of aryl methyl sites for hydroxylation is 1. The van der Waals surface area contributed by atoms with Gasteiger partial charge in [0.05, 0.1) is 0 Å². The van der Waals surface area contributed by atoms with E-state index < -0.39 is 0 Å². The molecule has 1 aromatic carbocycles. The minimum atomic E-state index is 0.810. The van der Waals surface area contributed by atoms with Gasteiger partial charge in [0.15, 0.2) is 0 Å². The minimum Gasteiger partial charge on any atom is -0.381 e. The van der Waals surface area contributed by atoms with E-state index in [1.807, 2.05) is 12.1 Å². The molecule has 0 aliphatic rings. The summed E-state index contributed by atoms with van der Waals surface area (Å²) in [7, 11) is 0. The van der Waals surface area contributed by atoms with Gasteiger partial charge in [-0.2, -0.15) is 0 Å². The van der Waals surface area contributed by atoms with Crippen LogP contribution in [-0.2, 0) is 6.54 Å². The number of rotatable bonds is 3. The molecule has 0 saturated carbocycles. The second-order valence-corrected chi connectivity index (χ2v) is 4.52. The Balaban J connectivity index is 1.99. The Morgan fingerprint density at radius 1 is 1.19 bits per heavy atom. The molecule has 0 atom stereocenters. The Hall–Kier alpha value is -1.35. The molecule has 0 unspecified atom stereocenters. The Morgan fingerprint density at radius 3 is 2.62 bits per heavy atom. The van der Waals surface area contributed by atoms with Gasteiger partial charge in [0.25, 0.3) is 0 Å². The molecule has 3 heteroatoms. The SMILES string of the molecule is Cc1ccc(NCc2ccnc(Br)c2)cc1. The standard InChI is InChI=1S/C13H13BrN2/c1-10-2-4-12(5-3-10)16-9-11-6-7-15-13(14)8-11/h2-8,16H,9H2,1H3. The lowest BCUT2D eigenvalue weighted by Gasteiger charge is -2.06. The van der Waals surface area contributed by atoms with Crippen molar-refractivity contribution in [3.8, 4) is 0 Å². The van der Waals surface area contributed by atoms with E-state index in [1.165, 1.54) is 11.1 Å². The van der Waals surface area contributed by atoms with Gasteiger partial charge in [-0.3, -0.25) is 0 Å². The van der Waals surface area contributed by atoms with Crippen LogP contribution < -0.4 is 5.32 Å². The van der Waals surface area contributed by atoms with Gasteiger partial charge in [-0.15, -0.1) is 0 Å². The van der Waals surface area contributed by atoms with E-state index in [0.717, 1.165) is 16.8 Å². The average Bonchev–Trinajstić information content (AvgIpc) is 2.28. The van der Waals surface area contributed by atoms with Crippen molar-refractivity contribution in [2.24, 2.45) is 0 Å². The molecule has 2 aromatic rings. The van der Waals surface area contributed by atoms with Gasteiger partial charge in [0.1, 0.15) is 4.60 Å². The molecule has 1 aromatic heterocycles. The Bertz CT molecular complexity index is 466. The van der Waals surface area contributed by atoms with Gasteiger partial charge in [-0.05, 0) is 52.7 Å². The zero-order valence-electron chi connectivity index (χ0n) is 9.07. The van der Waals surface area contributed by atoms with E-state index in [4.69, 9.17) is 0 Å². The molecule has 82 valence electrons. The van der Waals surface area contributed by atoms with Crippen LogP contribution in [0.15, 0.2) is 47.2 Å². The lowest BCUT2D eigenvalue weighted by molar-refractivity contribution is 1.11. The fourth-order valence-corrected chi connectivity index (χ4v) is 1.84. The van der Waals surface area contributed by atoms with Gasteiger partial charge in [-0.25, -0.2) is 4.98 Å². The molecule has 2 nitrogen and oxygen atoms in total. The molecule has 0 amide bonds. The summed E-state index contributed by atoms with van der Waals surface area (Å²) < 4.78 is 0.871. The maximum atomic E-state index is 4.10. The largest absolute Gasteiger partial charge is 0.381 e. The number of nitrogens with one attached hydrogen (secondary N) is 1. The fourth-order valence-electron chi connectivity index (χ4n) is 1.43. The Kier molecular flexibility index (Phi) is 3.57. The number of nitrogens with zero attached hydrogens (tertiary/aromatic N) is 1. The maximum Gasteiger partial charge on any atom is 0.106 e. The highest BCUT2D eigenvalue weighted by Gasteiger charge is 1.95. The van der Waals surface area contributed by atoms with E-state index >= 15 is 0 Å². The summed E-state index contributed by atoms with van der Waals surface area (Å²) in [5.74, 6) is 0. The summed E-state index contributed by atoms with van der Waals surface area (Å²) in [4.78, 5) is 4.10. The van der Waals surface area contributed by atoms with Crippen LogP contribution >= 0.6 is 15.9 Å². The van der Waals surface area contributed by atoms with Crippen LogP contribution in [0, 0.1) is 6.92 Å². The van der Waals surface area contributed by atoms with E-state index in [2.05, 4.69) is 57.4 Å². The van der Waals surface area contributed by atoms with Crippen LogP contribution in [0.1, 0.15) is 11.1 Å². The summed E-state index contributed by atoms with van der Waals surface area (Å²) in [6.45, 7) is 2.90. The first-order valence-corrected chi connectivity index (χ1v) is 5.94. The number of aromatic nitrogens is 1. The Labute approximate surface area is 104 Å². The van der Waals surface area contributed by atoms with Crippen LogP contribution in [0.25, 0.3) is 0 Å². The summed E-state index contributed by atoms with van der Waals surface area (Å²) in [6, 6.07) is 12.4. The molecule has 0 fully saturated rings. The van der Waals surface area contributed by atoms with Crippen molar-refractivity contribution in [2.45, 2.75) is 13.5 Å². The molecular formula is C13H13BrN2. The van der Waals surface area contributed by atoms with Crippen LogP contribution in [0.5, 0.6) is 0 Å². The quantitative estimate of drug-likeness (QED) is 0.864. The van der Waals surface area contributed by atoms with Crippen molar-refractivity contribution in [1.29, 1.82) is 0 Å². The third-order valence-electron chi connectivity index (χ3n) is 2.34. The molecule has 0 aliphatic carbocycles. The zero-order valence-corrected chi connectivity index (χ0v) is 10.7. The highest BCUT2D eigenvalue weighted by atomic mass is 79.9. The summed E-state index contributed by atoms with van der Waals surface area (Å²) in [5.41, 5.74) is 3.62. The first kappa shape index (κ1) is 11.1. The van der Waals surface area contributed by atoms with Gasteiger partial charge in [-0.1, -0.05) is 17.7 Å². The topological polar surface area (TPSA) is 24.9 Å². The molecule has 2 rings (SSSR count). The molecule has 0 spiro atoms. The third-order valence-corrected chi connectivity index (χ3v) is 2.77. The van der Waals surface area contributed by atoms with E-state index in [1.54, 1.807) is 6.20 Å². The highest BCUT2D eigenvalue weighted by Crippen LogP contribution is 2.12. The maximum absolute atomic E-state index is 4.10. The molecular weight excluding hydrogens is 264 g/mol. The molecule has 0 radical (unpaired) electrons. The van der Waals surface area contributed by atoms with Crippen LogP contribution in [0.3, 0.4) is 0 Å². The number of halogens is 1. The average molecular weight is 277 g/mol. The van der Waals surface area contributed by atoms with Crippen molar-refractivity contribution in [3.63, 3.8) is 0 Å². The number of hydrogen-bond donors (Lipinski definition) is 1. The van der Waals surface area contributed by atoms with Gasteiger partial charge in [0, 0.05) is 18.4 Å². The van der Waals surface area contributed by atoms with Crippen molar-refractivity contribution in [2.75, 3.05) is 5.32 Å². The highest BCUT2D eigenvalue weighted by molar-refractivity contribution is 9.10. The normalized spacial score (nSPS) is 10.1. The van der Waals surface area contributed by atoms with E-state index in [9.17, 15) is 0 Å². The van der Waals surface area contributed by atoms with Crippen molar-refractivity contribution in [1.82, 2.24) is 4.98 Å². The number of benzene rings is 1. The first-order valence-electron chi connectivity index (χ1n) is 5.15. The number of pyridine rings is 1. The zero-order chi connectivity index (χ0) is 11.4. The molecule has 1 heterocycles. The molecule has 1 N–H and O–H groups in total. The summed E-state index contributed by atoms with van der Waals surface area (Å²) in [5, 5.41) is 3.37. The minimum absolute atomic E-state index is 0.810. The van der Waals surface area contributed by atoms with Crippen LogP contribution in [-0.4, -0.2) is 4.98 Å². The van der Waals surface area contributed by atoms with E-state index in [-0.39, 0.29) is 0 Å². The Morgan fingerprint density at radius 2 is 1.94 bits per heavy atom. The van der Waals surface area contributed by atoms with E-state index in [0.29, 0.717) is 0 Å². The second kappa shape index (κ2) is 5.12. The predicted octanol–water partition coefficient (Wildman–Crippen LogP) is 3.76. The molecule has 0 aliphatic heterocycles. The lowest BCUT2D eigenvalue weighted by Crippen LogP contribution is -1.99. The summed E-state index contributed by atoms with van der Waals surface area (Å²) in [6.07, 6.45) is 1.80. The van der Waals surface area contributed by atoms with Crippen molar-refractivity contribution in [3.05, 3.63) is 58.3 Å². The number of anilines is 1. The number of hydrogen-bond acceptors (Lipinski definition) is 2. The first-order chi connectivity index (χ1) is 7.74. The second-order valence-electron chi connectivity index (χ2n) is 3.71. The van der Waals surface area contributed by atoms with Crippen LogP contribution in [0.4, 0.5) is 5.69 Å². The molecule has 0 saturated heterocycles. The lowest BCUT2D eigenvalue weighted by atomic mass is 10.2.